The Morgan fingerprint density at radius 2 is 1.96 bits per heavy atom. The molecule has 0 bridgehead atoms. The molecule has 0 aromatic heterocycles. The van der Waals surface area contributed by atoms with E-state index in [0.29, 0.717) is 11.1 Å². The Labute approximate surface area is 147 Å². The smallest absolute Gasteiger partial charge is 0.335 e. The van der Waals surface area contributed by atoms with Crippen LogP contribution in [-0.4, -0.2) is 17.2 Å². The van der Waals surface area contributed by atoms with Crippen molar-refractivity contribution in [2.45, 2.75) is 44.6 Å². The standard InChI is InChI=1S/C21H21NO3/c1-13(2)20-11-16(8-7-14(20)12-22)25-17-9-15(10-17)18-5-3-4-6-19(18)21(23)24/h3-8,11,13,15,17H,9-10H2,1-2H3,(H,23,24). The number of hydrogen-bond acceptors (Lipinski definition) is 3. The van der Waals surface area contributed by atoms with Gasteiger partial charge in [0.05, 0.1) is 23.3 Å². The largest absolute Gasteiger partial charge is 0.490 e. The number of nitrogens with zero attached hydrogens (tertiary/aromatic N) is 1. The van der Waals surface area contributed by atoms with E-state index in [1.807, 2.05) is 24.3 Å². The molecule has 1 aliphatic rings. The van der Waals surface area contributed by atoms with Gasteiger partial charge in [0, 0.05) is 0 Å². The van der Waals surface area contributed by atoms with Crippen LogP contribution in [0.25, 0.3) is 0 Å². The Balaban J connectivity index is 1.68. The fourth-order valence-electron chi connectivity index (χ4n) is 3.35. The Hall–Kier alpha value is -2.80. The summed E-state index contributed by atoms with van der Waals surface area (Å²) in [6, 6.07) is 15.0. The summed E-state index contributed by atoms with van der Waals surface area (Å²) in [5.74, 6) is 0.376. The molecule has 0 amide bonds. The first-order valence-corrected chi connectivity index (χ1v) is 8.52. The van der Waals surface area contributed by atoms with Crippen molar-refractivity contribution in [3.8, 4) is 11.8 Å². The van der Waals surface area contributed by atoms with Crippen molar-refractivity contribution in [3.63, 3.8) is 0 Å². The normalized spacial score (nSPS) is 19.1. The molecule has 2 aromatic carbocycles. The topological polar surface area (TPSA) is 70.3 Å². The molecule has 4 nitrogen and oxygen atoms in total. The van der Waals surface area contributed by atoms with E-state index in [0.717, 1.165) is 29.7 Å². The van der Waals surface area contributed by atoms with Gasteiger partial charge in [-0.3, -0.25) is 0 Å². The van der Waals surface area contributed by atoms with Gasteiger partial charge in [0.2, 0.25) is 0 Å². The maximum absolute atomic E-state index is 11.3. The summed E-state index contributed by atoms with van der Waals surface area (Å²) < 4.78 is 6.04. The summed E-state index contributed by atoms with van der Waals surface area (Å²) in [5.41, 5.74) is 2.94. The summed E-state index contributed by atoms with van der Waals surface area (Å²) >= 11 is 0. The zero-order chi connectivity index (χ0) is 18.0. The number of benzene rings is 2. The summed E-state index contributed by atoms with van der Waals surface area (Å²) in [6.07, 6.45) is 1.70. The minimum Gasteiger partial charge on any atom is -0.490 e. The van der Waals surface area contributed by atoms with Crippen LogP contribution in [0.3, 0.4) is 0 Å². The van der Waals surface area contributed by atoms with Crippen LogP contribution in [0, 0.1) is 11.3 Å². The van der Waals surface area contributed by atoms with Gasteiger partial charge < -0.3 is 9.84 Å². The molecule has 1 aliphatic carbocycles. The van der Waals surface area contributed by atoms with Gasteiger partial charge in [-0.2, -0.15) is 5.26 Å². The molecule has 0 radical (unpaired) electrons. The molecule has 128 valence electrons. The Morgan fingerprint density at radius 1 is 1.24 bits per heavy atom. The van der Waals surface area contributed by atoms with Crippen LogP contribution in [0.4, 0.5) is 0 Å². The lowest BCUT2D eigenvalue weighted by Gasteiger charge is -2.36. The average Bonchev–Trinajstić information content (AvgIpc) is 2.57. The van der Waals surface area contributed by atoms with Gasteiger partial charge in [0.25, 0.3) is 0 Å². The van der Waals surface area contributed by atoms with Gasteiger partial charge in [-0.25, -0.2) is 4.79 Å². The van der Waals surface area contributed by atoms with Crippen molar-refractivity contribution in [2.24, 2.45) is 0 Å². The monoisotopic (exact) mass is 335 g/mol. The molecule has 25 heavy (non-hydrogen) atoms. The Bertz CT molecular complexity index is 829. The van der Waals surface area contributed by atoms with Gasteiger partial charge >= 0.3 is 5.97 Å². The van der Waals surface area contributed by atoms with Crippen molar-refractivity contribution in [1.82, 2.24) is 0 Å². The third-order valence-corrected chi connectivity index (χ3v) is 4.79. The zero-order valence-corrected chi connectivity index (χ0v) is 14.4. The molecule has 0 aliphatic heterocycles. The number of carboxylic acids is 1. The number of carboxylic acid groups (broad SMARTS) is 1. The van der Waals surface area contributed by atoms with Gasteiger partial charge in [0.15, 0.2) is 0 Å². The SMILES string of the molecule is CC(C)c1cc(OC2CC(c3ccccc3C(=O)O)C2)ccc1C#N. The Kier molecular flexibility index (Phi) is 4.76. The van der Waals surface area contributed by atoms with Crippen molar-refractivity contribution in [3.05, 3.63) is 64.7 Å². The summed E-state index contributed by atoms with van der Waals surface area (Å²) in [5, 5.41) is 18.5. The van der Waals surface area contributed by atoms with Crippen LogP contribution in [-0.2, 0) is 0 Å². The second kappa shape index (κ2) is 6.98. The van der Waals surface area contributed by atoms with Crippen LogP contribution in [0.1, 0.15) is 65.6 Å². The van der Waals surface area contributed by atoms with Crippen molar-refractivity contribution in [1.29, 1.82) is 5.26 Å². The fraction of sp³-hybridized carbons (Fsp3) is 0.333. The lowest BCUT2D eigenvalue weighted by molar-refractivity contribution is 0.0685. The predicted octanol–water partition coefficient (Wildman–Crippen LogP) is 4.70. The lowest BCUT2D eigenvalue weighted by atomic mass is 9.76. The number of hydrogen-bond donors (Lipinski definition) is 1. The quantitative estimate of drug-likeness (QED) is 0.859. The van der Waals surface area contributed by atoms with E-state index < -0.39 is 5.97 Å². The van der Waals surface area contributed by atoms with Crippen LogP contribution in [0.2, 0.25) is 0 Å². The van der Waals surface area contributed by atoms with Gasteiger partial charge in [-0.15, -0.1) is 0 Å². The second-order valence-corrected chi connectivity index (χ2v) is 6.82. The molecule has 0 unspecified atom stereocenters. The predicted molar refractivity (Wildman–Crippen MR) is 95.0 cm³/mol. The first kappa shape index (κ1) is 17.0. The first-order chi connectivity index (χ1) is 12.0. The zero-order valence-electron chi connectivity index (χ0n) is 14.4. The molecule has 4 heteroatoms. The van der Waals surface area contributed by atoms with E-state index in [4.69, 9.17) is 4.74 Å². The van der Waals surface area contributed by atoms with Crippen molar-refractivity contribution >= 4 is 5.97 Å². The second-order valence-electron chi connectivity index (χ2n) is 6.82. The molecule has 3 rings (SSSR count). The van der Waals surface area contributed by atoms with Crippen molar-refractivity contribution < 1.29 is 14.6 Å². The number of ether oxygens (including phenoxy) is 1. The molecule has 1 N–H and O–H groups in total. The minimum absolute atomic E-state index is 0.0831. The van der Waals surface area contributed by atoms with E-state index in [2.05, 4.69) is 19.9 Å². The molecule has 2 aromatic rings. The van der Waals surface area contributed by atoms with E-state index >= 15 is 0 Å². The first-order valence-electron chi connectivity index (χ1n) is 8.52. The lowest BCUT2D eigenvalue weighted by Crippen LogP contribution is -2.33. The molecule has 1 saturated carbocycles. The highest BCUT2D eigenvalue weighted by Crippen LogP contribution is 2.41. The summed E-state index contributed by atoms with van der Waals surface area (Å²) in [6.45, 7) is 4.12. The Morgan fingerprint density at radius 3 is 2.60 bits per heavy atom. The van der Waals surface area contributed by atoms with Crippen LogP contribution in [0.5, 0.6) is 5.75 Å². The van der Waals surface area contributed by atoms with E-state index in [1.165, 1.54) is 0 Å². The molecule has 0 saturated heterocycles. The maximum Gasteiger partial charge on any atom is 0.335 e. The molecule has 1 fully saturated rings. The highest BCUT2D eigenvalue weighted by atomic mass is 16.5. The maximum atomic E-state index is 11.3. The minimum atomic E-state index is -0.881. The molecular weight excluding hydrogens is 314 g/mol. The van der Waals surface area contributed by atoms with E-state index in [9.17, 15) is 15.2 Å². The van der Waals surface area contributed by atoms with Crippen LogP contribution >= 0.6 is 0 Å². The molecule has 0 heterocycles. The number of aromatic carboxylic acids is 1. The highest BCUT2D eigenvalue weighted by Gasteiger charge is 2.34. The van der Waals surface area contributed by atoms with Gasteiger partial charge in [0.1, 0.15) is 5.75 Å². The van der Waals surface area contributed by atoms with Gasteiger partial charge in [-0.05, 0) is 60.1 Å². The van der Waals surface area contributed by atoms with Crippen LogP contribution < -0.4 is 4.74 Å². The number of carbonyl (C=O) groups is 1. The third-order valence-electron chi connectivity index (χ3n) is 4.79. The molecule has 0 spiro atoms. The fourth-order valence-corrected chi connectivity index (χ4v) is 3.35. The summed E-state index contributed by atoms with van der Waals surface area (Å²) in [4.78, 5) is 11.3. The molecule has 0 atom stereocenters. The van der Waals surface area contributed by atoms with E-state index in [-0.39, 0.29) is 17.9 Å². The van der Waals surface area contributed by atoms with Crippen LogP contribution in [0.15, 0.2) is 42.5 Å². The summed E-state index contributed by atoms with van der Waals surface area (Å²) in [7, 11) is 0. The van der Waals surface area contributed by atoms with Crippen molar-refractivity contribution in [2.75, 3.05) is 0 Å². The third kappa shape index (κ3) is 3.51. The highest BCUT2D eigenvalue weighted by molar-refractivity contribution is 5.89. The average molecular weight is 335 g/mol. The molecular formula is C21H21NO3. The van der Waals surface area contributed by atoms with Gasteiger partial charge in [-0.1, -0.05) is 32.0 Å². The van der Waals surface area contributed by atoms with E-state index in [1.54, 1.807) is 18.2 Å². The number of nitriles is 1. The number of rotatable bonds is 5.